The third-order valence-corrected chi connectivity index (χ3v) is 3.78. The molecule has 2 rings (SSSR count). The molecule has 0 radical (unpaired) electrons. The average Bonchev–Trinajstić information content (AvgIpc) is 2.34. The highest BCUT2D eigenvalue weighted by atomic mass is 16.5. The fourth-order valence-electron chi connectivity index (χ4n) is 2.52. The second-order valence-corrected chi connectivity index (χ2v) is 5.42. The summed E-state index contributed by atoms with van der Waals surface area (Å²) < 4.78 is 6.77. The van der Waals surface area contributed by atoms with Crippen LogP contribution in [0.2, 0.25) is 0 Å². The predicted molar refractivity (Wildman–Crippen MR) is 72.7 cm³/mol. The number of hydrogen-bond donors (Lipinski definition) is 2. The van der Waals surface area contributed by atoms with Gasteiger partial charge in [-0.3, -0.25) is 0 Å². The number of benzene rings is 1. The lowest BCUT2D eigenvalue weighted by atomic mass is 10.1. The monoisotopic (exact) mass is 251 g/mol. The number of rotatable bonds is 4. The molecule has 1 aromatic carbocycles. The van der Waals surface area contributed by atoms with E-state index in [0.717, 1.165) is 11.0 Å². The minimum absolute atomic E-state index is 0.192. The fraction of sp³-hybridized carbons (Fsp3) is 0.571. The fourth-order valence-corrected chi connectivity index (χ4v) is 2.52. The highest BCUT2D eigenvalue weighted by molar-refractivity contribution is 5.55. The van der Waals surface area contributed by atoms with Gasteiger partial charge in [-0.2, -0.15) is 0 Å². The summed E-state index contributed by atoms with van der Waals surface area (Å²) in [4.78, 5) is 0. The van der Waals surface area contributed by atoms with Gasteiger partial charge in [0.05, 0.1) is 25.8 Å². The molecule has 0 atom stereocenters. The van der Waals surface area contributed by atoms with Gasteiger partial charge >= 0.3 is 0 Å². The molecule has 1 aromatic rings. The Labute approximate surface area is 109 Å². The van der Waals surface area contributed by atoms with Gasteiger partial charge in [-0.1, -0.05) is 0 Å². The lowest BCUT2D eigenvalue weighted by Crippen LogP contribution is -2.50. The van der Waals surface area contributed by atoms with Crippen molar-refractivity contribution in [3.05, 3.63) is 18.2 Å². The first-order valence-electron chi connectivity index (χ1n) is 6.64. The number of phenols is 1. The van der Waals surface area contributed by atoms with Crippen LogP contribution in [-0.2, 0) is 0 Å². The van der Waals surface area contributed by atoms with Crippen LogP contribution >= 0.6 is 0 Å². The van der Waals surface area contributed by atoms with Crippen LogP contribution in [0.5, 0.6) is 11.5 Å². The molecular formula is C14H23N2O2+. The Kier molecular flexibility index (Phi) is 3.97. The van der Waals surface area contributed by atoms with E-state index in [0.29, 0.717) is 18.0 Å². The van der Waals surface area contributed by atoms with Crippen molar-refractivity contribution in [2.75, 3.05) is 39.0 Å². The summed E-state index contributed by atoms with van der Waals surface area (Å²) in [6.07, 6.45) is 3.98. The van der Waals surface area contributed by atoms with Crippen LogP contribution in [0, 0.1) is 0 Å². The Balaban J connectivity index is 1.86. The Morgan fingerprint density at radius 2 is 2.00 bits per heavy atom. The molecule has 0 aliphatic carbocycles. The number of aromatic hydroxyl groups is 1. The van der Waals surface area contributed by atoms with Crippen molar-refractivity contribution in [1.82, 2.24) is 0 Å². The number of nitrogens with zero attached hydrogens (tertiary/aromatic N) is 1. The van der Waals surface area contributed by atoms with Crippen molar-refractivity contribution >= 4 is 5.69 Å². The largest absolute Gasteiger partial charge is 0.508 e. The number of piperidine rings is 1. The molecule has 1 aliphatic rings. The highest BCUT2D eigenvalue weighted by Crippen LogP contribution is 2.26. The SMILES string of the molecule is C[N+]1(CCOc2cc(O)ccc2N)CCCCC1. The molecule has 4 nitrogen and oxygen atoms in total. The van der Waals surface area contributed by atoms with Crippen molar-refractivity contribution in [1.29, 1.82) is 0 Å². The average molecular weight is 251 g/mol. The normalized spacial score (nSPS) is 18.5. The van der Waals surface area contributed by atoms with Gasteiger partial charge in [0.1, 0.15) is 24.7 Å². The molecule has 4 heteroatoms. The van der Waals surface area contributed by atoms with Gasteiger partial charge < -0.3 is 20.1 Å². The van der Waals surface area contributed by atoms with Crippen molar-refractivity contribution < 1.29 is 14.3 Å². The van der Waals surface area contributed by atoms with Crippen LogP contribution in [0.3, 0.4) is 0 Å². The maximum absolute atomic E-state index is 9.40. The van der Waals surface area contributed by atoms with Crippen molar-refractivity contribution in [2.24, 2.45) is 0 Å². The van der Waals surface area contributed by atoms with E-state index in [1.165, 1.54) is 32.4 Å². The number of nitrogen functional groups attached to an aromatic ring is 1. The van der Waals surface area contributed by atoms with Gasteiger partial charge in [0, 0.05) is 6.07 Å². The number of likely N-dealkylation sites (tertiary alicyclic amines) is 1. The summed E-state index contributed by atoms with van der Waals surface area (Å²) in [5, 5.41) is 9.40. The lowest BCUT2D eigenvalue weighted by molar-refractivity contribution is -0.914. The van der Waals surface area contributed by atoms with Crippen LogP contribution in [0.4, 0.5) is 5.69 Å². The second kappa shape index (κ2) is 5.48. The van der Waals surface area contributed by atoms with Crippen LogP contribution in [0.25, 0.3) is 0 Å². The number of likely N-dealkylation sites (N-methyl/N-ethyl adjacent to an activating group) is 1. The molecule has 1 aliphatic heterocycles. The summed E-state index contributed by atoms with van der Waals surface area (Å²) in [7, 11) is 2.29. The summed E-state index contributed by atoms with van der Waals surface area (Å²) in [6.45, 7) is 4.11. The molecule has 100 valence electrons. The number of quaternary nitrogens is 1. The van der Waals surface area contributed by atoms with E-state index in [9.17, 15) is 5.11 Å². The summed E-state index contributed by atoms with van der Waals surface area (Å²) in [5.41, 5.74) is 6.38. The first-order chi connectivity index (χ1) is 8.59. The third-order valence-electron chi connectivity index (χ3n) is 3.78. The lowest BCUT2D eigenvalue weighted by Gasteiger charge is -2.37. The van der Waals surface area contributed by atoms with E-state index < -0.39 is 0 Å². The molecule has 0 spiro atoms. The van der Waals surface area contributed by atoms with E-state index in [2.05, 4.69) is 7.05 Å². The zero-order chi connectivity index (χ0) is 13.0. The standard InChI is InChI=1S/C14H22N2O2/c1-16(7-3-2-4-8-16)9-10-18-14-11-12(17)5-6-13(14)15/h5-6,11H,2-4,7-10,15H2,1H3/p+1. The van der Waals surface area contributed by atoms with Crippen LogP contribution in [0.1, 0.15) is 19.3 Å². The molecule has 1 saturated heterocycles. The number of phenolic OH excluding ortho intramolecular Hbond substituents is 1. The zero-order valence-corrected chi connectivity index (χ0v) is 11.1. The van der Waals surface area contributed by atoms with Crippen LogP contribution in [0.15, 0.2) is 18.2 Å². The number of hydrogen-bond acceptors (Lipinski definition) is 3. The molecule has 3 N–H and O–H groups in total. The minimum atomic E-state index is 0.192. The topological polar surface area (TPSA) is 55.5 Å². The van der Waals surface area contributed by atoms with Crippen LogP contribution < -0.4 is 10.5 Å². The van der Waals surface area contributed by atoms with Crippen molar-refractivity contribution in [3.63, 3.8) is 0 Å². The van der Waals surface area contributed by atoms with Gasteiger partial charge in [0.2, 0.25) is 0 Å². The summed E-state index contributed by atoms with van der Waals surface area (Å²) in [5.74, 6) is 0.774. The minimum Gasteiger partial charge on any atom is -0.508 e. The zero-order valence-electron chi connectivity index (χ0n) is 11.1. The third kappa shape index (κ3) is 3.29. The van der Waals surface area contributed by atoms with E-state index in [4.69, 9.17) is 10.5 Å². The molecular weight excluding hydrogens is 228 g/mol. The predicted octanol–water partition coefficient (Wildman–Crippen LogP) is 1.98. The maximum Gasteiger partial charge on any atom is 0.146 e. The quantitative estimate of drug-likeness (QED) is 0.489. The number of anilines is 1. The molecule has 18 heavy (non-hydrogen) atoms. The first kappa shape index (κ1) is 13.0. The highest BCUT2D eigenvalue weighted by Gasteiger charge is 2.24. The molecule has 1 heterocycles. The van der Waals surface area contributed by atoms with E-state index in [1.54, 1.807) is 18.2 Å². The maximum atomic E-state index is 9.40. The molecule has 1 fully saturated rings. The van der Waals surface area contributed by atoms with Crippen molar-refractivity contribution in [2.45, 2.75) is 19.3 Å². The smallest absolute Gasteiger partial charge is 0.146 e. The Bertz CT molecular complexity index is 401. The summed E-state index contributed by atoms with van der Waals surface area (Å²) in [6, 6.07) is 4.81. The molecule has 0 bridgehead atoms. The Morgan fingerprint density at radius 1 is 1.28 bits per heavy atom. The molecule has 0 aromatic heterocycles. The second-order valence-electron chi connectivity index (χ2n) is 5.42. The molecule has 0 unspecified atom stereocenters. The van der Waals surface area contributed by atoms with Gasteiger partial charge in [-0.15, -0.1) is 0 Å². The van der Waals surface area contributed by atoms with E-state index in [1.807, 2.05) is 0 Å². The van der Waals surface area contributed by atoms with Gasteiger partial charge in [-0.25, -0.2) is 0 Å². The first-order valence-corrected chi connectivity index (χ1v) is 6.64. The van der Waals surface area contributed by atoms with Gasteiger partial charge in [0.15, 0.2) is 0 Å². The van der Waals surface area contributed by atoms with Gasteiger partial charge in [0.25, 0.3) is 0 Å². The Hall–Kier alpha value is -1.42. The van der Waals surface area contributed by atoms with E-state index >= 15 is 0 Å². The number of nitrogens with two attached hydrogens (primary N) is 1. The van der Waals surface area contributed by atoms with Crippen molar-refractivity contribution in [3.8, 4) is 11.5 Å². The molecule has 0 saturated carbocycles. The van der Waals surface area contributed by atoms with E-state index in [-0.39, 0.29) is 5.75 Å². The summed E-state index contributed by atoms with van der Waals surface area (Å²) >= 11 is 0. The number of ether oxygens (including phenoxy) is 1. The van der Waals surface area contributed by atoms with Gasteiger partial charge in [-0.05, 0) is 31.4 Å². The molecule has 0 amide bonds. The van der Waals surface area contributed by atoms with Crippen LogP contribution in [-0.4, -0.2) is 42.9 Å². The Morgan fingerprint density at radius 3 is 2.72 bits per heavy atom.